The molecule has 4 nitrogen and oxygen atoms in total. The maximum atomic E-state index is 12.9. The number of carbonyl (C=O) groups is 1. The first kappa shape index (κ1) is 13.0. The molecule has 1 aromatic rings. The van der Waals surface area contributed by atoms with E-state index in [1.807, 2.05) is 6.07 Å². The van der Waals surface area contributed by atoms with E-state index in [1.165, 1.54) is 12.1 Å². The lowest BCUT2D eigenvalue weighted by molar-refractivity contribution is 0.0953. The van der Waals surface area contributed by atoms with Gasteiger partial charge >= 0.3 is 0 Å². The van der Waals surface area contributed by atoms with Gasteiger partial charge in [-0.15, -0.1) is 0 Å². The number of hydrogen-bond donors (Lipinski definition) is 2. The fraction of sp³-hybridized carbons (Fsp3) is 0.333. The zero-order chi connectivity index (χ0) is 12.7. The van der Waals surface area contributed by atoms with Gasteiger partial charge in [-0.1, -0.05) is 0 Å². The number of hydrogen-bond acceptors (Lipinski definition) is 3. The van der Waals surface area contributed by atoms with Gasteiger partial charge in [0.15, 0.2) is 0 Å². The molecule has 0 atom stereocenters. The smallest absolute Gasteiger partial charge is 0.253 e. The lowest BCUT2D eigenvalue weighted by Crippen LogP contribution is -2.25. The molecule has 0 aliphatic heterocycles. The van der Waals surface area contributed by atoms with Crippen molar-refractivity contribution >= 4 is 11.6 Å². The van der Waals surface area contributed by atoms with E-state index < -0.39 is 5.82 Å². The standard InChI is InChI=1S/C12H14FN3O/c13-9-4-5-11(15)10(8-9)12(17)16-7-3-1-2-6-14/h4-5,8H,1-3,7,15H2,(H,16,17). The molecule has 5 heteroatoms. The third kappa shape index (κ3) is 4.11. The van der Waals surface area contributed by atoms with Crippen molar-refractivity contribution < 1.29 is 9.18 Å². The number of nitrogens with zero attached hydrogens (tertiary/aromatic N) is 1. The first-order valence-electron chi connectivity index (χ1n) is 5.35. The largest absolute Gasteiger partial charge is 0.398 e. The van der Waals surface area contributed by atoms with Crippen molar-refractivity contribution in [2.24, 2.45) is 0 Å². The summed E-state index contributed by atoms with van der Waals surface area (Å²) in [6, 6.07) is 5.70. The Morgan fingerprint density at radius 2 is 2.24 bits per heavy atom. The lowest BCUT2D eigenvalue weighted by atomic mass is 10.1. The number of rotatable bonds is 5. The number of unbranched alkanes of at least 4 members (excludes halogenated alkanes) is 2. The Balaban J connectivity index is 2.47. The van der Waals surface area contributed by atoms with Crippen molar-refractivity contribution in [3.05, 3.63) is 29.6 Å². The van der Waals surface area contributed by atoms with Crippen LogP contribution in [0, 0.1) is 17.1 Å². The molecule has 0 fully saturated rings. The molecule has 1 rings (SSSR count). The van der Waals surface area contributed by atoms with E-state index in [9.17, 15) is 9.18 Å². The zero-order valence-electron chi connectivity index (χ0n) is 9.37. The monoisotopic (exact) mass is 235 g/mol. The summed E-state index contributed by atoms with van der Waals surface area (Å²) in [5.41, 5.74) is 5.97. The zero-order valence-corrected chi connectivity index (χ0v) is 9.37. The second-order valence-electron chi connectivity index (χ2n) is 3.60. The van der Waals surface area contributed by atoms with Crippen LogP contribution in [0.15, 0.2) is 18.2 Å². The molecule has 0 aliphatic carbocycles. The number of nitriles is 1. The average molecular weight is 235 g/mol. The minimum absolute atomic E-state index is 0.144. The summed E-state index contributed by atoms with van der Waals surface area (Å²) in [5.74, 6) is -0.882. The summed E-state index contributed by atoms with van der Waals surface area (Å²) >= 11 is 0. The number of amides is 1. The van der Waals surface area contributed by atoms with Gasteiger partial charge in [-0.25, -0.2) is 4.39 Å². The molecule has 0 spiro atoms. The van der Waals surface area contributed by atoms with E-state index in [0.29, 0.717) is 19.4 Å². The Labute approximate surface area is 99.2 Å². The summed E-state index contributed by atoms with van der Waals surface area (Å²) in [4.78, 5) is 11.6. The predicted octanol–water partition coefficient (Wildman–Crippen LogP) is 1.83. The highest BCUT2D eigenvalue weighted by atomic mass is 19.1. The van der Waals surface area contributed by atoms with Gasteiger partial charge in [0, 0.05) is 18.7 Å². The van der Waals surface area contributed by atoms with Crippen LogP contribution in [0.25, 0.3) is 0 Å². The van der Waals surface area contributed by atoms with Crippen LogP contribution < -0.4 is 11.1 Å². The van der Waals surface area contributed by atoms with E-state index in [2.05, 4.69) is 5.32 Å². The minimum atomic E-state index is -0.492. The van der Waals surface area contributed by atoms with Crippen molar-refractivity contribution in [2.75, 3.05) is 12.3 Å². The molecule has 0 unspecified atom stereocenters. The fourth-order valence-corrected chi connectivity index (χ4v) is 1.35. The van der Waals surface area contributed by atoms with Gasteiger partial charge in [0.05, 0.1) is 11.6 Å². The SMILES string of the molecule is N#CCCCCNC(=O)c1cc(F)ccc1N. The van der Waals surface area contributed by atoms with E-state index in [4.69, 9.17) is 11.0 Å². The van der Waals surface area contributed by atoms with Gasteiger partial charge in [-0.3, -0.25) is 4.79 Å². The van der Waals surface area contributed by atoms with E-state index >= 15 is 0 Å². The van der Waals surface area contributed by atoms with Crippen molar-refractivity contribution in [3.63, 3.8) is 0 Å². The highest BCUT2D eigenvalue weighted by molar-refractivity contribution is 5.99. The second kappa shape index (κ2) is 6.48. The van der Waals surface area contributed by atoms with Crippen molar-refractivity contribution in [3.8, 4) is 6.07 Å². The Bertz CT molecular complexity index is 440. The normalized spacial score (nSPS) is 9.65. The first-order valence-corrected chi connectivity index (χ1v) is 5.35. The van der Waals surface area contributed by atoms with E-state index in [0.717, 1.165) is 12.5 Å². The molecule has 1 amide bonds. The number of halogens is 1. The lowest BCUT2D eigenvalue weighted by Gasteiger charge is -2.06. The van der Waals surface area contributed by atoms with Gasteiger partial charge in [0.2, 0.25) is 0 Å². The maximum Gasteiger partial charge on any atom is 0.253 e. The maximum absolute atomic E-state index is 12.9. The summed E-state index contributed by atoms with van der Waals surface area (Å²) < 4.78 is 12.9. The van der Waals surface area contributed by atoms with Crippen LogP contribution in [0.4, 0.5) is 10.1 Å². The third-order valence-electron chi connectivity index (χ3n) is 2.26. The van der Waals surface area contributed by atoms with Crippen LogP contribution in [0.5, 0.6) is 0 Å². The highest BCUT2D eigenvalue weighted by Gasteiger charge is 2.09. The number of benzene rings is 1. The molecular weight excluding hydrogens is 221 g/mol. The molecule has 0 aromatic heterocycles. The molecule has 0 radical (unpaired) electrons. The highest BCUT2D eigenvalue weighted by Crippen LogP contribution is 2.12. The molecule has 0 bridgehead atoms. The summed E-state index contributed by atoms with van der Waals surface area (Å²) in [5, 5.41) is 11.0. The number of nitrogen functional groups attached to an aromatic ring is 1. The minimum Gasteiger partial charge on any atom is -0.398 e. The Hall–Kier alpha value is -2.09. The third-order valence-corrected chi connectivity index (χ3v) is 2.26. The Morgan fingerprint density at radius 3 is 2.94 bits per heavy atom. The molecule has 90 valence electrons. The molecule has 1 aromatic carbocycles. The summed E-state index contributed by atoms with van der Waals surface area (Å²) in [7, 11) is 0. The Kier molecular flexibility index (Phi) is 4.95. The van der Waals surface area contributed by atoms with Crippen LogP contribution in [-0.4, -0.2) is 12.5 Å². The molecule has 0 saturated heterocycles. The van der Waals surface area contributed by atoms with Crippen LogP contribution in [0.3, 0.4) is 0 Å². The molecule has 3 N–H and O–H groups in total. The second-order valence-corrected chi connectivity index (χ2v) is 3.60. The Morgan fingerprint density at radius 1 is 1.47 bits per heavy atom. The van der Waals surface area contributed by atoms with Crippen LogP contribution in [-0.2, 0) is 0 Å². The number of nitrogens with one attached hydrogen (secondary N) is 1. The first-order chi connectivity index (χ1) is 8.15. The van der Waals surface area contributed by atoms with Gasteiger partial charge in [0.1, 0.15) is 5.82 Å². The van der Waals surface area contributed by atoms with Crippen molar-refractivity contribution in [1.29, 1.82) is 5.26 Å². The molecule has 0 aliphatic rings. The van der Waals surface area contributed by atoms with Crippen LogP contribution in [0.2, 0.25) is 0 Å². The number of carbonyl (C=O) groups excluding carboxylic acids is 1. The van der Waals surface area contributed by atoms with Crippen LogP contribution >= 0.6 is 0 Å². The quantitative estimate of drug-likeness (QED) is 0.603. The topological polar surface area (TPSA) is 78.9 Å². The van der Waals surface area contributed by atoms with E-state index in [1.54, 1.807) is 0 Å². The molecule has 17 heavy (non-hydrogen) atoms. The summed E-state index contributed by atoms with van der Waals surface area (Å²) in [6.07, 6.45) is 1.92. The van der Waals surface area contributed by atoms with Crippen molar-refractivity contribution in [2.45, 2.75) is 19.3 Å². The van der Waals surface area contributed by atoms with Gasteiger partial charge in [-0.05, 0) is 31.0 Å². The molecular formula is C12H14FN3O. The van der Waals surface area contributed by atoms with Gasteiger partial charge in [0.25, 0.3) is 5.91 Å². The fourth-order valence-electron chi connectivity index (χ4n) is 1.35. The average Bonchev–Trinajstić information content (AvgIpc) is 2.32. The van der Waals surface area contributed by atoms with Crippen molar-refractivity contribution in [1.82, 2.24) is 5.32 Å². The molecule has 0 saturated carbocycles. The summed E-state index contributed by atoms with van der Waals surface area (Å²) in [6.45, 7) is 0.455. The van der Waals surface area contributed by atoms with Gasteiger partial charge in [-0.2, -0.15) is 5.26 Å². The molecule has 0 heterocycles. The number of nitrogens with two attached hydrogens (primary N) is 1. The van der Waals surface area contributed by atoms with Crippen LogP contribution in [0.1, 0.15) is 29.6 Å². The van der Waals surface area contributed by atoms with Gasteiger partial charge < -0.3 is 11.1 Å². The predicted molar refractivity (Wildman–Crippen MR) is 62.6 cm³/mol. The van der Waals surface area contributed by atoms with E-state index in [-0.39, 0.29) is 17.2 Å². The number of anilines is 1.